The zero-order chi connectivity index (χ0) is 15.9. The van der Waals surface area contributed by atoms with Crippen LogP contribution < -0.4 is 5.32 Å². The molecular weight excluding hydrogens is 312 g/mol. The number of carbonyl (C=O) groups excluding carboxylic acids is 1. The quantitative estimate of drug-likeness (QED) is 0.865. The molecule has 1 aliphatic heterocycles. The SMILES string of the molecule is CCc1ccc(C2CNCCN2C(=O)CCOC(C)C)cc1.Cl. The minimum Gasteiger partial charge on any atom is -0.378 e. The summed E-state index contributed by atoms with van der Waals surface area (Å²) >= 11 is 0. The molecule has 0 spiro atoms. The Morgan fingerprint density at radius 1 is 1.35 bits per heavy atom. The molecule has 4 nitrogen and oxygen atoms in total. The molecule has 23 heavy (non-hydrogen) atoms. The van der Waals surface area contributed by atoms with Crippen LogP contribution in [0.15, 0.2) is 24.3 Å². The number of hydrogen-bond donors (Lipinski definition) is 1. The third-order valence-corrected chi connectivity index (χ3v) is 4.10. The predicted octanol–water partition coefficient (Wildman–Crippen LogP) is 2.96. The topological polar surface area (TPSA) is 41.6 Å². The smallest absolute Gasteiger partial charge is 0.225 e. The highest BCUT2D eigenvalue weighted by molar-refractivity contribution is 5.85. The van der Waals surface area contributed by atoms with E-state index in [0.29, 0.717) is 13.0 Å². The molecule has 0 aromatic heterocycles. The van der Waals surface area contributed by atoms with E-state index in [4.69, 9.17) is 4.74 Å². The number of carbonyl (C=O) groups is 1. The van der Waals surface area contributed by atoms with E-state index in [-0.39, 0.29) is 30.5 Å². The Kier molecular flexibility index (Phi) is 8.59. The molecule has 1 amide bonds. The summed E-state index contributed by atoms with van der Waals surface area (Å²) in [6, 6.07) is 8.76. The molecule has 1 heterocycles. The summed E-state index contributed by atoms with van der Waals surface area (Å²) < 4.78 is 5.51. The molecule has 2 rings (SSSR count). The van der Waals surface area contributed by atoms with Gasteiger partial charge in [0.2, 0.25) is 5.91 Å². The van der Waals surface area contributed by atoms with E-state index < -0.39 is 0 Å². The second-order valence-electron chi connectivity index (χ2n) is 6.07. The van der Waals surface area contributed by atoms with Gasteiger partial charge >= 0.3 is 0 Å². The van der Waals surface area contributed by atoms with Gasteiger partial charge in [0, 0.05) is 19.6 Å². The van der Waals surface area contributed by atoms with Crippen LogP contribution in [0.4, 0.5) is 0 Å². The highest BCUT2D eigenvalue weighted by atomic mass is 35.5. The predicted molar refractivity (Wildman–Crippen MR) is 96.1 cm³/mol. The number of nitrogens with zero attached hydrogens (tertiary/aromatic N) is 1. The van der Waals surface area contributed by atoms with Gasteiger partial charge in [-0.2, -0.15) is 0 Å². The average molecular weight is 341 g/mol. The van der Waals surface area contributed by atoms with Crippen LogP contribution in [-0.4, -0.2) is 43.2 Å². The lowest BCUT2D eigenvalue weighted by Gasteiger charge is -2.36. The van der Waals surface area contributed by atoms with Gasteiger partial charge in [0.1, 0.15) is 0 Å². The van der Waals surface area contributed by atoms with Gasteiger partial charge in [-0.1, -0.05) is 31.2 Å². The number of nitrogens with one attached hydrogen (secondary N) is 1. The first-order chi connectivity index (χ1) is 10.6. The Bertz CT molecular complexity index is 476. The molecule has 1 N–H and O–H groups in total. The van der Waals surface area contributed by atoms with Crippen molar-refractivity contribution in [3.8, 4) is 0 Å². The molecule has 1 unspecified atom stereocenters. The standard InChI is InChI=1S/C18H28N2O2.ClH/c1-4-15-5-7-16(8-6-15)17-13-19-10-11-20(17)18(21)9-12-22-14(2)3;/h5-8,14,17,19H,4,9-13H2,1-3H3;1H. The van der Waals surface area contributed by atoms with Crippen molar-refractivity contribution in [3.05, 3.63) is 35.4 Å². The monoisotopic (exact) mass is 340 g/mol. The maximum absolute atomic E-state index is 12.5. The van der Waals surface area contributed by atoms with Crippen LogP contribution in [0.2, 0.25) is 0 Å². The van der Waals surface area contributed by atoms with Gasteiger partial charge in [-0.15, -0.1) is 12.4 Å². The van der Waals surface area contributed by atoms with E-state index in [1.807, 2.05) is 18.7 Å². The van der Waals surface area contributed by atoms with Crippen LogP contribution in [0, 0.1) is 0 Å². The van der Waals surface area contributed by atoms with Gasteiger partial charge in [0.05, 0.1) is 25.2 Å². The summed E-state index contributed by atoms with van der Waals surface area (Å²) in [5, 5.41) is 3.40. The van der Waals surface area contributed by atoms with Crippen LogP contribution in [0.25, 0.3) is 0 Å². The lowest BCUT2D eigenvalue weighted by atomic mass is 10.0. The van der Waals surface area contributed by atoms with Crippen molar-refractivity contribution in [3.63, 3.8) is 0 Å². The number of aryl methyl sites for hydroxylation is 1. The fraction of sp³-hybridized carbons (Fsp3) is 0.611. The lowest BCUT2D eigenvalue weighted by Crippen LogP contribution is -2.48. The fourth-order valence-electron chi connectivity index (χ4n) is 2.80. The number of ether oxygens (including phenoxy) is 1. The van der Waals surface area contributed by atoms with E-state index >= 15 is 0 Å². The van der Waals surface area contributed by atoms with Crippen molar-refractivity contribution >= 4 is 18.3 Å². The summed E-state index contributed by atoms with van der Waals surface area (Å²) in [5.41, 5.74) is 2.54. The maximum Gasteiger partial charge on any atom is 0.225 e. The Labute approximate surface area is 146 Å². The molecule has 1 aromatic carbocycles. The Morgan fingerprint density at radius 2 is 2.04 bits per heavy atom. The zero-order valence-electron chi connectivity index (χ0n) is 14.4. The molecule has 0 aliphatic carbocycles. The number of hydrogen-bond acceptors (Lipinski definition) is 3. The third kappa shape index (κ3) is 5.79. The minimum atomic E-state index is 0. The summed E-state index contributed by atoms with van der Waals surface area (Å²) in [6.07, 6.45) is 1.67. The van der Waals surface area contributed by atoms with Crippen LogP contribution >= 0.6 is 12.4 Å². The van der Waals surface area contributed by atoms with Crippen LogP contribution in [-0.2, 0) is 16.0 Å². The summed E-state index contributed by atoms with van der Waals surface area (Å²) in [4.78, 5) is 14.5. The minimum absolute atomic E-state index is 0. The van der Waals surface area contributed by atoms with Crippen LogP contribution in [0.3, 0.4) is 0 Å². The normalized spacial score (nSPS) is 17.9. The maximum atomic E-state index is 12.5. The second-order valence-corrected chi connectivity index (χ2v) is 6.07. The largest absolute Gasteiger partial charge is 0.378 e. The summed E-state index contributed by atoms with van der Waals surface area (Å²) in [6.45, 7) is 9.09. The van der Waals surface area contributed by atoms with Gasteiger partial charge in [-0.3, -0.25) is 4.79 Å². The molecule has 0 radical (unpaired) electrons. The molecule has 0 saturated carbocycles. The van der Waals surface area contributed by atoms with Crippen molar-refractivity contribution in [2.75, 3.05) is 26.2 Å². The molecule has 1 fully saturated rings. The van der Waals surface area contributed by atoms with E-state index in [0.717, 1.165) is 26.1 Å². The van der Waals surface area contributed by atoms with Crippen LogP contribution in [0.1, 0.15) is 44.4 Å². The highest BCUT2D eigenvalue weighted by Gasteiger charge is 2.27. The van der Waals surface area contributed by atoms with Gasteiger partial charge in [0.25, 0.3) is 0 Å². The van der Waals surface area contributed by atoms with Gasteiger partial charge in [-0.25, -0.2) is 0 Å². The molecule has 1 aromatic rings. The number of benzene rings is 1. The van der Waals surface area contributed by atoms with Crippen molar-refractivity contribution < 1.29 is 9.53 Å². The summed E-state index contributed by atoms with van der Waals surface area (Å²) in [5.74, 6) is 0.187. The first kappa shape index (κ1) is 19.9. The highest BCUT2D eigenvalue weighted by Crippen LogP contribution is 2.23. The molecule has 0 bridgehead atoms. The Morgan fingerprint density at radius 3 is 2.65 bits per heavy atom. The number of rotatable bonds is 6. The molecule has 1 aliphatic rings. The van der Waals surface area contributed by atoms with Gasteiger partial charge < -0.3 is 15.0 Å². The second kappa shape index (κ2) is 9.91. The van der Waals surface area contributed by atoms with E-state index in [9.17, 15) is 4.79 Å². The van der Waals surface area contributed by atoms with E-state index in [1.54, 1.807) is 0 Å². The van der Waals surface area contributed by atoms with Gasteiger partial charge in [-0.05, 0) is 31.4 Å². The van der Waals surface area contributed by atoms with E-state index in [1.165, 1.54) is 11.1 Å². The lowest BCUT2D eigenvalue weighted by molar-refractivity contribution is -0.136. The number of piperazine rings is 1. The van der Waals surface area contributed by atoms with Crippen molar-refractivity contribution in [2.24, 2.45) is 0 Å². The van der Waals surface area contributed by atoms with Crippen molar-refractivity contribution in [1.29, 1.82) is 0 Å². The summed E-state index contributed by atoms with van der Waals surface area (Å²) in [7, 11) is 0. The van der Waals surface area contributed by atoms with Crippen molar-refractivity contribution in [1.82, 2.24) is 10.2 Å². The molecule has 130 valence electrons. The van der Waals surface area contributed by atoms with Crippen molar-refractivity contribution in [2.45, 2.75) is 45.8 Å². The molecular formula is C18H29ClN2O2. The zero-order valence-corrected chi connectivity index (χ0v) is 15.2. The number of halogens is 1. The molecule has 1 saturated heterocycles. The van der Waals surface area contributed by atoms with Crippen LogP contribution in [0.5, 0.6) is 0 Å². The third-order valence-electron chi connectivity index (χ3n) is 4.10. The average Bonchev–Trinajstić information content (AvgIpc) is 2.54. The molecule has 1 atom stereocenters. The Hall–Kier alpha value is -1.10. The van der Waals surface area contributed by atoms with E-state index in [2.05, 4.69) is 36.5 Å². The molecule has 5 heteroatoms. The Balaban J connectivity index is 0.00000264. The first-order valence-corrected chi connectivity index (χ1v) is 8.32. The number of amides is 1. The van der Waals surface area contributed by atoms with Gasteiger partial charge in [0.15, 0.2) is 0 Å². The first-order valence-electron chi connectivity index (χ1n) is 8.32. The fourth-order valence-corrected chi connectivity index (χ4v) is 2.80.